The van der Waals surface area contributed by atoms with Crippen LogP contribution in [0, 0.1) is 5.82 Å². The van der Waals surface area contributed by atoms with Gasteiger partial charge in [-0.2, -0.15) is 0 Å². The largest absolute Gasteiger partial charge is 0.489 e. The van der Waals surface area contributed by atoms with Crippen LogP contribution in [-0.4, -0.2) is 55.5 Å². The summed E-state index contributed by atoms with van der Waals surface area (Å²) in [4.78, 5) is 2.22. The number of nitrogens with zero attached hydrogens (tertiary/aromatic N) is 1. The van der Waals surface area contributed by atoms with Crippen LogP contribution < -0.4 is 15.0 Å². The van der Waals surface area contributed by atoms with E-state index in [1.165, 1.54) is 12.1 Å². The highest BCUT2D eigenvalue weighted by atomic mass is 19.1. The molecule has 1 atom stereocenters. The molecule has 29 heavy (non-hydrogen) atoms. The van der Waals surface area contributed by atoms with E-state index in [9.17, 15) is 14.6 Å². The van der Waals surface area contributed by atoms with Gasteiger partial charge in [-0.3, -0.25) is 0 Å². The third-order valence-corrected chi connectivity index (χ3v) is 4.92. The molecule has 0 amide bonds. The van der Waals surface area contributed by atoms with Gasteiger partial charge in [-0.05, 0) is 43.2 Å². The van der Waals surface area contributed by atoms with Crippen molar-refractivity contribution in [3.05, 3.63) is 53.8 Å². The minimum atomic E-state index is -1.49. The minimum Gasteiger partial charge on any atom is -0.489 e. The van der Waals surface area contributed by atoms with Gasteiger partial charge in [0.1, 0.15) is 24.3 Å². The first-order chi connectivity index (χ1) is 14.1. The Morgan fingerprint density at radius 1 is 1.21 bits per heavy atom. The molecule has 0 aromatic heterocycles. The molecule has 7 heteroatoms. The summed E-state index contributed by atoms with van der Waals surface area (Å²) in [5, 5.41) is 22.1. The van der Waals surface area contributed by atoms with Gasteiger partial charge in [0.15, 0.2) is 6.29 Å². The third kappa shape index (κ3) is 6.06. The second-order valence-corrected chi connectivity index (χ2v) is 7.04. The lowest BCUT2D eigenvalue weighted by molar-refractivity contribution is -0.142. The number of aliphatic hydroxyl groups excluding tert-OH is 1. The van der Waals surface area contributed by atoms with Crippen LogP contribution in [0.5, 0.6) is 5.75 Å². The zero-order valence-corrected chi connectivity index (χ0v) is 16.7. The number of ether oxygens (including phenoxy) is 2. The summed E-state index contributed by atoms with van der Waals surface area (Å²) >= 11 is 0. The van der Waals surface area contributed by atoms with Crippen LogP contribution in [0.4, 0.5) is 15.8 Å². The van der Waals surface area contributed by atoms with Gasteiger partial charge >= 0.3 is 0 Å². The molecule has 3 N–H and O–H groups in total. The predicted molar refractivity (Wildman–Crippen MR) is 111 cm³/mol. The Kier molecular flexibility index (Phi) is 7.69. The van der Waals surface area contributed by atoms with Gasteiger partial charge in [0.05, 0.1) is 12.2 Å². The number of benzene rings is 2. The first kappa shape index (κ1) is 21.4. The summed E-state index contributed by atoms with van der Waals surface area (Å²) in [6.45, 7) is 5.30. The van der Waals surface area contributed by atoms with E-state index < -0.39 is 12.4 Å². The van der Waals surface area contributed by atoms with Gasteiger partial charge < -0.3 is 29.9 Å². The fourth-order valence-corrected chi connectivity index (χ4v) is 3.44. The van der Waals surface area contributed by atoms with Crippen LogP contribution in [-0.2, 0) is 11.2 Å². The molecule has 1 heterocycles. The molecule has 158 valence electrons. The van der Waals surface area contributed by atoms with Crippen LogP contribution >= 0.6 is 0 Å². The van der Waals surface area contributed by atoms with E-state index in [0.717, 1.165) is 43.0 Å². The molecule has 1 aliphatic rings. The molecule has 0 radical (unpaired) electrons. The van der Waals surface area contributed by atoms with E-state index >= 15 is 0 Å². The van der Waals surface area contributed by atoms with Crippen molar-refractivity contribution in [2.45, 2.75) is 32.2 Å². The molecule has 0 unspecified atom stereocenters. The monoisotopic (exact) mass is 404 g/mol. The van der Waals surface area contributed by atoms with Crippen molar-refractivity contribution in [1.29, 1.82) is 0 Å². The summed E-state index contributed by atoms with van der Waals surface area (Å²) < 4.78 is 24.2. The van der Waals surface area contributed by atoms with Crippen molar-refractivity contribution in [3.63, 3.8) is 0 Å². The number of fused-ring (bicyclic) bond motifs is 1. The second-order valence-electron chi connectivity index (χ2n) is 7.04. The van der Waals surface area contributed by atoms with Crippen LogP contribution in [0.15, 0.2) is 42.5 Å². The number of hydrogen-bond acceptors (Lipinski definition) is 6. The number of nitrogens with one attached hydrogen (secondary N) is 1. The number of hydrogen-bond donors (Lipinski definition) is 3. The first-order valence-corrected chi connectivity index (χ1v) is 10.0. The molecule has 0 spiro atoms. The molecule has 0 saturated carbocycles. The molecular weight excluding hydrogens is 375 g/mol. The molecule has 3 rings (SSSR count). The lowest BCUT2D eigenvalue weighted by Gasteiger charge is -2.31. The predicted octanol–water partition coefficient (Wildman–Crippen LogP) is 2.79. The molecule has 0 bridgehead atoms. The summed E-state index contributed by atoms with van der Waals surface area (Å²) in [5.41, 5.74) is 2.94. The fourth-order valence-electron chi connectivity index (χ4n) is 3.44. The Hall–Kier alpha value is -2.35. The summed E-state index contributed by atoms with van der Waals surface area (Å²) in [6.07, 6.45) is -0.733. The number of aliphatic hydroxyl groups is 2. The SMILES string of the molecule is CCO[C@@H](Cc1ccc(NCCCN2CCOc3cc(F)ccc32)cc1)C(O)O. The first-order valence-electron chi connectivity index (χ1n) is 10.0. The highest BCUT2D eigenvalue weighted by Gasteiger charge is 2.18. The Labute approximate surface area is 170 Å². The number of halogens is 1. The van der Waals surface area contributed by atoms with Crippen molar-refractivity contribution in [2.75, 3.05) is 43.1 Å². The fraction of sp³-hybridized carbons (Fsp3) is 0.455. The van der Waals surface area contributed by atoms with Gasteiger partial charge in [-0.25, -0.2) is 4.39 Å². The quantitative estimate of drug-likeness (QED) is 0.418. The van der Waals surface area contributed by atoms with E-state index in [1.807, 2.05) is 31.2 Å². The summed E-state index contributed by atoms with van der Waals surface area (Å²) in [5.74, 6) is 0.329. The summed E-state index contributed by atoms with van der Waals surface area (Å²) in [7, 11) is 0. The van der Waals surface area contributed by atoms with E-state index in [1.54, 1.807) is 6.07 Å². The van der Waals surface area contributed by atoms with E-state index in [2.05, 4.69) is 10.2 Å². The zero-order chi connectivity index (χ0) is 20.6. The van der Waals surface area contributed by atoms with Gasteiger partial charge in [0, 0.05) is 37.9 Å². The third-order valence-electron chi connectivity index (χ3n) is 4.92. The Morgan fingerprint density at radius 3 is 2.72 bits per heavy atom. The van der Waals surface area contributed by atoms with E-state index in [-0.39, 0.29) is 5.82 Å². The van der Waals surface area contributed by atoms with Crippen molar-refractivity contribution < 1.29 is 24.1 Å². The second kappa shape index (κ2) is 10.4. The molecule has 2 aromatic carbocycles. The topological polar surface area (TPSA) is 74.2 Å². The smallest absolute Gasteiger partial charge is 0.178 e. The molecular formula is C22H29FN2O4. The van der Waals surface area contributed by atoms with Crippen LogP contribution in [0.2, 0.25) is 0 Å². The summed E-state index contributed by atoms with van der Waals surface area (Å²) in [6, 6.07) is 12.6. The molecule has 6 nitrogen and oxygen atoms in total. The molecule has 0 fully saturated rings. The van der Waals surface area contributed by atoms with Crippen molar-refractivity contribution >= 4 is 11.4 Å². The highest BCUT2D eigenvalue weighted by Crippen LogP contribution is 2.32. The van der Waals surface area contributed by atoms with E-state index in [4.69, 9.17) is 9.47 Å². The van der Waals surface area contributed by atoms with Gasteiger partial charge in [-0.1, -0.05) is 12.1 Å². The average Bonchev–Trinajstić information content (AvgIpc) is 2.71. The maximum absolute atomic E-state index is 13.4. The Balaban J connectivity index is 1.44. The maximum Gasteiger partial charge on any atom is 0.178 e. The molecule has 1 aliphatic heterocycles. The molecule has 2 aromatic rings. The van der Waals surface area contributed by atoms with Crippen molar-refractivity contribution in [3.8, 4) is 5.75 Å². The molecule has 0 aliphatic carbocycles. The van der Waals surface area contributed by atoms with Crippen LogP contribution in [0.3, 0.4) is 0 Å². The zero-order valence-electron chi connectivity index (χ0n) is 16.7. The van der Waals surface area contributed by atoms with Gasteiger partial charge in [0.2, 0.25) is 0 Å². The van der Waals surface area contributed by atoms with Crippen molar-refractivity contribution in [1.82, 2.24) is 0 Å². The normalized spacial score (nSPS) is 14.4. The van der Waals surface area contributed by atoms with Crippen LogP contribution in [0.1, 0.15) is 18.9 Å². The number of rotatable bonds is 10. The van der Waals surface area contributed by atoms with Crippen molar-refractivity contribution in [2.24, 2.45) is 0 Å². The average molecular weight is 404 g/mol. The lowest BCUT2D eigenvalue weighted by atomic mass is 10.1. The number of anilines is 2. The Morgan fingerprint density at radius 2 is 2.00 bits per heavy atom. The van der Waals surface area contributed by atoms with E-state index in [0.29, 0.717) is 25.4 Å². The standard InChI is InChI=1S/C22H29FN2O4/c1-2-28-21(22(26)27)14-16-4-7-18(8-5-16)24-10-3-11-25-12-13-29-20-15-17(23)6-9-19(20)25/h4-9,15,21-22,24,26-27H,2-3,10-14H2,1H3/t21-/m0/s1. The highest BCUT2D eigenvalue weighted by molar-refractivity contribution is 5.60. The lowest BCUT2D eigenvalue weighted by Crippen LogP contribution is -2.34. The maximum atomic E-state index is 13.4. The van der Waals surface area contributed by atoms with Crippen LogP contribution in [0.25, 0.3) is 0 Å². The Bertz CT molecular complexity index is 770. The van der Waals surface area contributed by atoms with Gasteiger partial charge in [0.25, 0.3) is 0 Å². The molecule has 0 saturated heterocycles. The minimum absolute atomic E-state index is 0.281. The van der Waals surface area contributed by atoms with Gasteiger partial charge in [-0.15, -0.1) is 0 Å².